The molecule has 0 aliphatic heterocycles. The van der Waals surface area contributed by atoms with Gasteiger partial charge in [0.05, 0.1) is 11.6 Å². The van der Waals surface area contributed by atoms with Crippen molar-refractivity contribution in [1.82, 2.24) is 20.2 Å². The van der Waals surface area contributed by atoms with Gasteiger partial charge in [0.1, 0.15) is 5.75 Å². The summed E-state index contributed by atoms with van der Waals surface area (Å²) in [6.07, 6.45) is 1.62. The molecule has 0 radical (unpaired) electrons. The van der Waals surface area contributed by atoms with Gasteiger partial charge in [-0.15, -0.1) is 11.7 Å². The highest BCUT2D eigenvalue weighted by molar-refractivity contribution is 6.32. The molecule has 7 nitrogen and oxygen atoms in total. The fourth-order valence-corrected chi connectivity index (χ4v) is 1.54. The highest BCUT2D eigenvalue weighted by Crippen LogP contribution is 2.22. The minimum Gasteiger partial charge on any atom is -0.482 e. The quantitative estimate of drug-likeness (QED) is 0.817. The van der Waals surface area contributed by atoms with Crippen LogP contribution in [0, 0.1) is 0 Å². The van der Waals surface area contributed by atoms with E-state index in [0.29, 0.717) is 17.3 Å². The van der Waals surface area contributed by atoms with Crippen molar-refractivity contribution >= 4 is 23.5 Å². The monoisotopic (exact) mass is 293 g/mol. The summed E-state index contributed by atoms with van der Waals surface area (Å²) in [5, 5.41) is 14.2. The Morgan fingerprint density at radius 2 is 2.30 bits per heavy atom. The van der Waals surface area contributed by atoms with Crippen LogP contribution in [0.15, 0.2) is 36.9 Å². The Morgan fingerprint density at radius 3 is 3.05 bits per heavy atom. The molecule has 2 rings (SSSR count). The van der Waals surface area contributed by atoms with Gasteiger partial charge in [0, 0.05) is 0 Å². The van der Waals surface area contributed by atoms with Crippen molar-refractivity contribution < 1.29 is 9.53 Å². The number of hydrogen-bond acceptors (Lipinski definition) is 5. The molecule has 0 bridgehead atoms. The first-order valence-electron chi connectivity index (χ1n) is 5.75. The van der Waals surface area contributed by atoms with Crippen LogP contribution in [0.2, 0.25) is 5.02 Å². The summed E-state index contributed by atoms with van der Waals surface area (Å²) >= 11 is 5.90. The topological polar surface area (TPSA) is 81.9 Å². The van der Waals surface area contributed by atoms with E-state index in [1.54, 1.807) is 30.3 Å². The largest absolute Gasteiger partial charge is 0.482 e. The number of carbonyl (C=O) groups excluding carboxylic acids is 1. The summed E-state index contributed by atoms with van der Waals surface area (Å²) in [7, 11) is 0. The van der Waals surface area contributed by atoms with Crippen LogP contribution in [0.1, 0.15) is 0 Å². The first-order valence-corrected chi connectivity index (χ1v) is 6.12. The lowest BCUT2D eigenvalue weighted by Gasteiger charge is -2.06. The second-order valence-electron chi connectivity index (χ2n) is 3.72. The standard InChI is InChI=1S/C12H12ClN5O2/c1-2-7-18-16-12(15-17-18)14-11(19)8-20-10-6-4-3-5-9(10)13/h2-6H,1,7-8H2,(H,14,16,19). The lowest BCUT2D eigenvalue weighted by Crippen LogP contribution is -2.21. The fourth-order valence-electron chi connectivity index (χ4n) is 1.35. The Balaban J connectivity index is 1.86. The molecule has 0 aliphatic rings. The average molecular weight is 294 g/mol. The van der Waals surface area contributed by atoms with Crippen LogP contribution in [0.5, 0.6) is 5.75 Å². The van der Waals surface area contributed by atoms with Crippen molar-refractivity contribution in [3.8, 4) is 5.75 Å². The van der Waals surface area contributed by atoms with Crippen molar-refractivity contribution in [2.45, 2.75) is 6.54 Å². The number of nitrogens with zero attached hydrogens (tertiary/aromatic N) is 4. The van der Waals surface area contributed by atoms with E-state index < -0.39 is 5.91 Å². The summed E-state index contributed by atoms with van der Waals surface area (Å²) in [5.41, 5.74) is 0. The van der Waals surface area contributed by atoms with E-state index in [2.05, 4.69) is 27.3 Å². The van der Waals surface area contributed by atoms with Crippen molar-refractivity contribution in [2.75, 3.05) is 11.9 Å². The van der Waals surface area contributed by atoms with Crippen molar-refractivity contribution in [1.29, 1.82) is 0 Å². The van der Waals surface area contributed by atoms with Gasteiger partial charge in [-0.05, 0) is 17.3 Å². The normalized spacial score (nSPS) is 10.1. The van der Waals surface area contributed by atoms with E-state index in [-0.39, 0.29) is 12.6 Å². The molecule has 8 heteroatoms. The predicted molar refractivity (Wildman–Crippen MR) is 73.6 cm³/mol. The van der Waals surface area contributed by atoms with Crippen molar-refractivity contribution in [3.05, 3.63) is 41.9 Å². The molecule has 0 fully saturated rings. The van der Waals surface area contributed by atoms with Crippen molar-refractivity contribution in [3.63, 3.8) is 0 Å². The van der Waals surface area contributed by atoms with E-state index in [0.717, 1.165) is 0 Å². The van der Waals surface area contributed by atoms with Crippen LogP contribution >= 0.6 is 11.6 Å². The molecule has 0 saturated carbocycles. The maximum absolute atomic E-state index is 11.6. The second-order valence-corrected chi connectivity index (χ2v) is 4.13. The maximum atomic E-state index is 11.6. The van der Waals surface area contributed by atoms with E-state index in [1.807, 2.05) is 0 Å². The van der Waals surface area contributed by atoms with Crippen molar-refractivity contribution in [2.24, 2.45) is 0 Å². The minimum absolute atomic E-state index is 0.111. The third-order valence-electron chi connectivity index (χ3n) is 2.19. The molecular formula is C12H12ClN5O2. The number of amides is 1. The van der Waals surface area contributed by atoms with Gasteiger partial charge in [-0.2, -0.15) is 4.80 Å². The number of rotatable bonds is 6. The smallest absolute Gasteiger partial charge is 0.270 e. The third kappa shape index (κ3) is 3.79. The number of nitrogens with one attached hydrogen (secondary N) is 1. The third-order valence-corrected chi connectivity index (χ3v) is 2.50. The zero-order chi connectivity index (χ0) is 14.4. The molecule has 0 spiro atoms. The van der Waals surface area contributed by atoms with Crippen LogP contribution in [-0.2, 0) is 11.3 Å². The van der Waals surface area contributed by atoms with Gasteiger partial charge >= 0.3 is 0 Å². The highest BCUT2D eigenvalue weighted by atomic mass is 35.5. The average Bonchev–Trinajstić information content (AvgIpc) is 2.85. The number of ether oxygens (including phenoxy) is 1. The van der Waals surface area contributed by atoms with Crippen LogP contribution in [0.3, 0.4) is 0 Å². The molecule has 104 valence electrons. The number of tetrazole rings is 1. The van der Waals surface area contributed by atoms with Gasteiger partial charge in [0.15, 0.2) is 6.61 Å². The number of anilines is 1. The number of hydrogen-bond donors (Lipinski definition) is 1. The van der Waals surface area contributed by atoms with Gasteiger partial charge in [-0.25, -0.2) is 0 Å². The molecule has 1 aromatic carbocycles. The number of para-hydroxylation sites is 1. The number of carbonyl (C=O) groups is 1. The minimum atomic E-state index is -0.400. The lowest BCUT2D eigenvalue weighted by atomic mass is 10.3. The Kier molecular flexibility index (Phi) is 4.67. The predicted octanol–water partition coefficient (Wildman–Crippen LogP) is 1.53. The molecule has 0 aliphatic carbocycles. The summed E-state index contributed by atoms with van der Waals surface area (Å²) in [6, 6.07) is 6.89. The summed E-state index contributed by atoms with van der Waals surface area (Å²) in [6.45, 7) is 3.77. The molecular weight excluding hydrogens is 282 g/mol. The SMILES string of the molecule is C=CCn1nnc(NC(=O)COc2ccccc2Cl)n1. The van der Waals surface area contributed by atoms with E-state index in [1.165, 1.54) is 4.80 Å². The van der Waals surface area contributed by atoms with Gasteiger partial charge < -0.3 is 4.74 Å². The molecule has 0 unspecified atom stereocenters. The number of aromatic nitrogens is 4. The van der Waals surface area contributed by atoms with Crippen LogP contribution in [0.4, 0.5) is 5.95 Å². The summed E-state index contributed by atoms with van der Waals surface area (Å²) in [4.78, 5) is 13.0. The van der Waals surface area contributed by atoms with E-state index >= 15 is 0 Å². The molecule has 20 heavy (non-hydrogen) atoms. The number of benzene rings is 1. The van der Waals surface area contributed by atoms with Gasteiger partial charge in [-0.3, -0.25) is 10.1 Å². The Morgan fingerprint density at radius 1 is 1.50 bits per heavy atom. The molecule has 0 atom stereocenters. The first-order chi connectivity index (χ1) is 9.69. The molecule has 2 aromatic rings. The molecule has 1 heterocycles. The van der Waals surface area contributed by atoms with Gasteiger partial charge in [0.25, 0.3) is 11.9 Å². The second kappa shape index (κ2) is 6.67. The Bertz CT molecular complexity index is 613. The maximum Gasteiger partial charge on any atom is 0.270 e. The molecule has 1 amide bonds. The number of allylic oxidation sites excluding steroid dienone is 1. The molecule has 1 N–H and O–H groups in total. The summed E-state index contributed by atoms with van der Waals surface area (Å²) < 4.78 is 5.28. The number of halogens is 1. The van der Waals surface area contributed by atoms with Crippen LogP contribution < -0.4 is 10.1 Å². The molecule has 1 aromatic heterocycles. The van der Waals surface area contributed by atoms with Crippen LogP contribution in [0.25, 0.3) is 0 Å². The first kappa shape index (κ1) is 14.0. The summed E-state index contributed by atoms with van der Waals surface area (Å²) in [5.74, 6) is 0.148. The zero-order valence-corrected chi connectivity index (χ0v) is 11.2. The fraction of sp³-hybridized carbons (Fsp3) is 0.167. The van der Waals surface area contributed by atoms with Gasteiger partial charge in [-0.1, -0.05) is 34.9 Å². The van der Waals surface area contributed by atoms with Gasteiger partial charge in [0.2, 0.25) is 0 Å². The highest BCUT2D eigenvalue weighted by Gasteiger charge is 2.09. The molecule has 0 saturated heterocycles. The zero-order valence-electron chi connectivity index (χ0n) is 10.5. The Hall–Kier alpha value is -2.41. The van der Waals surface area contributed by atoms with Crippen LogP contribution in [-0.4, -0.2) is 32.7 Å². The Labute approximate surface area is 120 Å². The van der Waals surface area contributed by atoms with E-state index in [9.17, 15) is 4.79 Å². The van der Waals surface area contributed by atoms with E-state index in [4.69, 9.17) is 16.3 Å². The lowest BCUT2D eigenvalue weighted by molar-refractivity contribution is -0.118.